The molecule has 1 aromatic heterocycles. The first kappa shape index (κ1) is 30.1. The van der Waals surface area contributed by atoms with Crippen LogP contribution < -0.4 is 4.90 Å². The van der Waals surface area contributed by atoms with Crippen molar-refractivity contribution in [2.45, 2.75) is 56.7 Å². The van der Waals surface area contributed by atoms with E-state index >= 15 is 0 Å². The number of pyridine rings is 1. The van der Waals surface area contributed by atoms with Crippen molar-refractivity contribution in [3.8, 4) is 6.07 Å². The number of hydrogen-bond acceptors (Lipinski definition) is 8. The standard InChI is InChI=1S/C33H30FN3O5S/c1-33(2,3)23-8-13-26-21(15-23)14-22(17-35)30(36-26)43-28-16-29(39)37(31(28)40)25-11-6-20(7-12-25)32(41)42-18-27(38)19-4-9-24(34)10-5-19/h4-7,9-12,14,23,28H,8,13,15-16,18H2,1-3H3. The van der Waals surface area contributed by atoms with Gasteiger partial charge in [-0.05, 0) is 90.8 Å². The van der Waals surface area contributed by atoms with Crippen molar-refractivity contribution in [3.05, 3.63) is 88.4 Å². The van der Waals surface area contributed by atoms with Crippen LogP contribution in [0.15, 0.2) is 59.6 Å². The third-order valence-electron chi connectivity index (χ3n) is 7.92. The molecule has 0 saturated carbocycles. The average molecular weight is 600 g/mol. The predicted octanol–water partition coefficient (Wildman–Crippen LogP) is 5.71. The van der Waals surface area contributed by atoms with Gasteiger partial charge in [-0.15, -0.1) is 0 Å². The number of amides is 2. The van der Waals surface area contributed by atoms with Gasteiger partial charge in [0.05, 0.1) is 22.1 Å². The zero-order chi connectivity index (χ0) is 30.9. The van der Waals surface area contributed by atoms with E-state index in [1.54, 1.807) is 0 Å². The molecule has 0 spiro atoms. The van der Waals surface area contributed by atoms with Crippen LogP contribution in [0.25, 0.3) is 0 Å². The number of ether oxygens (including phenoxy) is 1. The lowest BCUT2D eigenvalue weighted by molar-refractivity contribution is -0.121. The highest BCUT2D eigenvalue weighted by atomic mass is 32.2. The Morgan fingerprint density at radius 2 is 1.74 bits per heavy atom. The van der Waals surface area contributed by atoms with Gasteiger partial charge < -0.3 is 4.74 Å². The van der Waals surface area contributed by atoms with Gasteiger partial charge in [-0.3, -0.25) is 14.4 Å². The maximum absolute atomic E-state index is 13.3. The number of Topliss-reactive ketones (excluding diaryl/α,β-unsaturated/α-hetero) is 1. The number of carbonyl (C=O) groups is 4. The summed E-state index contributed by atoms with van der Waals surface area (Å²) in [5.41, 5.74) is 3.21. The van der Waals surface area contributed by atoms with Crippen LogP contribution in [0.5, 0.6) is 0 Å². The number of aromatic nitrogens is 1. The summed E-state index contributed by atoms with van der Waals surface area (Å²) in [6.45, 7) is 6.14. The fraction of sp³-hybridized carbons (Fsp3) is 0.333. The molecule has 1 fully saturated rings. The number of esters is 1. The number of halogens is 1. The van der Waals surface area contributed by atoms with Crippen molar-refractivity contribution in [3.63, 3.8) is 0 Å². The van der Waals surface area contributed by atoms with Crippen molar-refractivity contribution < 1.29 is 28.3 Å². The number of anilines is 1. The third kappa shape index (κ3) is 6.52. The number of imide groups is 1. The third-order valence-corrected chi connectivity index (χ3v) is 9.11. The molecular weight excluding hydrogens is 569 g/mol. The van der Waals surface area contributed by atoms with E-state index in [2.05, 4.69) is 26.8 Å². The van der Waals surface area contributed by atoms with Gasteiger partial charge in [0.15, 0.2) is 12.4 Å². The molecule has 3 aromatic rings. The van der Waals surface area contributed by atoms with Gasteiger partial charge in [-0.2, -0.15) is 5.26 Å². The number of nitrogens with zero attached hydrogens (tertiary/aromatic N) is 3. The summed E-state index contributed by atoms with van der Waals surface area (Å²) in [6, 6.07) is 14.7. The van der Waals surface area contributed by atoms with Crippen LogP contribution in [0.3, 0.4) is 0 Å². The first-order chi connectivity index (χ1) is 20.4. The molecular formula is C33H30FN3O5S. The number of ketones is 1. The fourth-order valence-electron chi connectivity index (χ4n) is 5.34. The first-order valence-electron chi connectivity index (χ1n) is 14.0. The van der Waals surface area contributed by atoms with E-state index in [9.17, 15) is 28.8 Å². The minimum Gasteiger partial charge on any atom is -0.454 e. The Balaban J connectivity index is 1.24. The molecule has 1 aliphatic carbocycles. The van der Waals surface area contributed by atoms with Gasteiger partial charge in [0.1, 0.15) is 16.9 Å². The number of hydrogen-bond donors (Lipinski definition) is 0. The Kier molecular flexibility index (Phi) is 8.47. The summed E-state index contributed by atoms with van der Waals surface area (Å²) in [5.74, 6) is -2.05. The van der Waals surface area contributed by atoms with Crippen LogP contribution in [0.2, 0.25) is 0 Å². The molecule has 0 bridgehead atoms. The molecule has 2 atom stereocenters. The molecule has 8 nitrogen and oxygen atoms in total. The molecule has 1 saturated heterocycles. The maximum atomic E-state index is 13.3. The predicted molar refractivity (Wildman–Crippen MR) is 158 cm³/mol. The molecule has 2 unspecified atom stereocenters. The topological polar surface area (TPSA) is 117 Å². The largest absolute Gasteiger partial charge is 0.454 e. The van der Waals surface area contributed by atoms with E-state index in [1.165, 1.54) is 36.4 Å². The van der Waals surface area contributed by atoms with Gasteiger partial charge in [-0.1, -0.05) is 32.5 Å². The quantitative estimate of drug-likeness (QED) is 0.193. The van der Waals surface area contributed by atoms with Crippen LogP contribution >= 0.6 is 11.8 Å². The van der Waals surface area contributed by atoms with Crippen molar-refractivity contribution in [2.75, 3.05) is 11.5 Å². The van der Waals surface area contributed by atoms with Crippen molar-refractivity contribution >= 4 is 41.0 Å². The number of rotatable bonds is 7. The summed E-state index contributed by atoms with van der Waals surface area (Å²) in [7, 11) is 0. The first-order valence-corrected chi connectivity index (χ1v) is 14.8. The molecule has 1 aliphatic heterocycles. The molecule has 10 heteroatoms. The summed E-state index contributed by atoms with van der Waals surface area (Å²) < 4.78 is 18.2. The van der Waals surface area contributed by atoms with Gasteiger partial charge in [0, 0.05) is 17.7 Å². The molecule has 43 heavy (non-hydrogen) atoms. The normalized spacial score (nSPS) is 18.3. The van der Waals surface area contributed by atoms with Gasteiger partial charge in [-0.25, -0.2) is 19.1 Å². The number of benzene rings is 2. The Morgan fingerprint density at radius 1 is 1.07 bits per heavy atom. The molecule has 220 valence electrons. The summed E-state index contributed by atoms with van der Waals surface area (Å²) in [5, 5.41) is 9.56. The Bertz CT molecular complexity index is 1640. The van der Waals surface area contributed by atoms with Crippen molar-refractivity contribution in [1.29, 1.82) is 5.26 Å². The highest BCUT2D eigenvalue weighted by Crippen LogP contribution is 2.40. The van der Waals surface area contributed by atoms with E-state index in [0.717, 1.165) is 59.3 Å². The SMILES string of the molecule is CC(C)(C)C1CCc2nc(SC3CC(=O)N(c4ccc(C(=O)OCC(=O)c5ccc(F)cc5)cc4)C3=O)c(C#N)cc2C1. The lowest BCUT2D eigenvalue weighted by Crippen LogP contribution is -2.31. The number of fused-ring (bicyclic) bond motifs is 1. The van der Waals surface area contributed by atoms with E-state index < -0.39 is 41.2 Å². The van der Waals surface area contributed by atoms with Crippen molar-refractivity contribution in [1.82, 2.24) is 4.98 Å². The molecule has 2 aromatic carbocycles. The second kappa shape index (κ2) is 12.1. The maximum Gasteiger partial charge on any atom is 0.338 e. The van der Waals surface area contributed by atoms with Crippen LogP contribution in [-0.4, -0.2) is 40.4 Å². The van der Waals surface area contributed by atoms with Gasteiger partial charge in [0.2, 0.25) is 11.8 Å². The van der Waals surface area contributed by atoms with Crippen LogP contribution in [-0.2, 0) is 27.2 Å². The lowest BCUT2D eigenvalue weighted by Gasteiger charge is -2.34. The van der Waals surface area contributed by atoms with Crippen LogP contribution in [0.4, 0.5) is 10.1 Å². The Labute approximate surface area is 253 Å². The number of thioether (sulfide) groups is 1. The number of carbonyl (C=O) groups excluding carboxylic acids is 4. The molecule has 0 radical (unpaired) electrons. The molecule has 2 aliphatic rings. The minimum atomic E-state index is -0.758. The molecule has 5 rings (SSSR count). The average Bonchev–Trinajstić information content (AvgIpc) is 3.26. The fourth-order valence-corrected chi connectivity index (χ4v) is 6.43. The monoisotopic (exact) mass is 599 g/mol. The highest BCUT2D eigenvalue weighted by molar-refractivity contribution is 8.00. The van der Waals surface area contributed by atoms with E-state index in [0.29, 0.717) is 22.2 Å². The van der Waals surface area contributed by atoms with E-state index in [4.69, 9.17) is 9.72 Å². The second-order valence-corrected chi connectivity index (χ2v) is 13.0. The zero-order valence-corrected chi connectivity index (χ0v) is 24.9. The number of nitriles is 1. The molecule has 0 N–H and O–H groups in total. The smallest absolute Gasteiger partial charge is 0.338 e. The van der Waals surface area contributed by atoms with Gasteiger partial charge in [0.25, 0.3) is 0 Å². The molecule has 2 amide bonds. The zero-order valence-electron chi connectivity index (χ0n) is 24.1. The van der Waals surface area contributed by atoms with E-state index in [1.807, 2.05) is 6.07 Å². The van der Waals surface area contributed by atoms with Crippen LogP contribution in [0.1, 0.15) is 71.1 Å². The lowest BCUT2D eigenvalue weighted by atomic mass is 9.71. The summed E-state index contributed by atoms with van der Waals surface area (Å²) in [6.07, 6.45) is 2.61. The molecule has 2 heterocycles. The summed E-state index contributed by atoms with van der Waals surface area (Å²) in [4.78, 5) is 56.8. The minimum absolute atomic E-state index is 0.0471. The summed E-state index contributed by atoms with van der Waals surface area (Å²) >= 11 is 1.14. The van der Waals surface area contributed by atoms with Crippen LogP contribution in [0, 0.1) is 28.5 Å². The number of aryl methyl sites for hydroxylation is 1. The Hall–Kier alpha value is -4.36. The van der Waals surface area contributed by atoms with E-state index in [-0.39, 0.29) is 23.0 Å². The van der Waals surface area contributed by atoms with Crippen molar-refractivity contribution in [2.24, 2.45) is 11.3 Å². The Morgan fingerprint density at radius 3 is 2.40 bits per heavy atom. The van der Waals surface area contributed by atoms with Gasteiger partial charge >= 0.3 is 5.97 Å². The highest BCUT2D eigenvalue weighted by Gasteiger charge is 2.41. The second-order valence-electron chi connectivity index (χ2n) is 11.8.